The molecule has 114 valence electrons. The van der Waals surface area contributed by atoms with Gasteiger partial charge < -0.3 is 9.75 Å². The van der Waals surface area contributed by atoms with E-state index in [2.05, 4.69) is 72.0 Å². The number of nitrogens with zero attached hydrogens (tertiary/aromatic N) is 1. The van der Waals surface area contributed by atoms with Gasteiger partial charge in [0, 0.05) is 0 Å². The summed E-state index contributed by atoms with van der Waals surface area (Å²) in [7, 11) is 0. The van der Waals surface area contributed by atoms with Crippen molar-refractivity contribution in [3.63, 3.8) is 0 Å². The zero-order chi connectivity index (χ0) is 14.9. The smallest absolute Gasteiger partial charge is 0.0795 e. The first-order chi connectivity index (χ1) is 10.8. The quantitative estimate of drug-likeness (QED) is 0.931. The zero-order valence-electron chi connectivity index (χ0n) is 12.9. The van der Waals surface area contributed by atoms with Gasteiger partial charge in [0.05, 0.1) is 30.5 Å². The van der Waals surface area contributed by atoms with E-state index < -0.39 is 0 Å². The first-order valence-electron chi connectivity index (χ1n) is 8.13. The van der Waals surface area contributed by atoms with Crippen LogP contribution < -0.4 is 10.4 Å². The maximum absolute atomic E-state index is 6.11. The number of hydrogen-bond donors (Lipinski definition) is 1. The van der Waals surface area contributed by atoms with Crippen molar-refractivity contribution in [1.82, 2.24) is 5.43 Å². The number of fused-ring (bicyclic) bond motifs is 1. The van der Waals surface area contributed by atoms with Crippen LogP contribution in [0.2, 0.25) is 0 Å². The molecule has 3 unspecified atom stereocenters. The largest absolute Gasteiger partial charge is 0.373 e. The van der Waals surface area contributed by atoms with Crippen molar-refractivity contribution in [2.75, 3.05) is 5.01 Å². The Bertz CT molecular complexity index is 643. The predicted octanol–water partition coefficient (Wildman–Crippen LogP) is 3.82. The predicted molar refractivity (Wildman–Crippen MR) is 88.5 cm³/mol. The van der Waals surface area contributed by atoms with E-state index in [0.717, 1.165) is 19.4 Å². The van der Waals surface area contributed by atoms with Gasteiger partial charge in [-0.25, -0.2) is 5.43 Å². The minimum atomic E-state index is 0.268. The van der Waals surface area contributed by atoms with Gasteiger partial charge in [-0.3, -0.25) is 0 Å². The summed E-state index contributed by atoms with van der Waals surface area (Å²) in [6, 6.07) is 19.5. The normalized spacial score (nSPS) is 27.1. The van der Waals surface area contributed by atoms with Gasteiger partial charge in [-0.1, -0.05) is 48.5 Å². The van der Waals surface area contributed by atoms with E-state index in [4.69, 9.17) is 4.74 Å². The van der Waals surface area contributed by atoms with Gasteiger partial charge in [0.25, 0.3) is 0 Å². The summed E-state index contributed by atoms with van der Waals surface area (Å²) in [6.07, 6.45) is 2.94. The van der Waals surface area contributed by atoms with Crippen molar-refractivity contribution in [3.05, 3.63) is 65.7 Å². The maximum Gasteiger partial charge on any atom is 0.0795 e. The molecule has 2 aromatic rings. The Kier molecular flexibility index (Phi) is 3.60. The number of anilines is 1. The van der Waals surface area contributed by atoms with E-state index in [1.54, 1.807) is 0 Å². The second-order valence-electron chi connectivity index (χ2n) is 6.30. The Morgan fingerprint density at radius 3 is 2.59 bits per heavy atom. The van der Waals surface area contributed by atoms with Crippen molar-refractivity contribution >= 4 is 5.69 Å². The minimum absolute atomic E-state index is 0.268. The van der Waals surface area contributed by atoms with Crippen molar-refractivity contribution in [3.8, 4) is 0 Å². The van der Waals surface area contributed by atoms with Gasteiger partial charge in [0.1, 0.15) is 0 Å². The monoisotopic (exact) mass is 294 g/mol. The standard InChI is InChI=1S/C19H22N2O/c1-14-11-12-18(22-14)19-16-9-5-6-10-17(16)21(20-19)13-15-7-3-2-4-8-15/h2-10,14,18-20H,11-13H2,1H3. The molecule has 1 fully saturated rings. The fourth-order valence-electron chi connectivity index (χ4n) is 3.56. The number of rotatable bonds is 3. The molecule has 0 saturated carbocycles. The van der Waals surface area contributed by atoms with Crippen molar-refractivity contribution in [1.29, 1.82) is 0 Å². The summed E-state index contributed by atoms with van der Waals surface area (Å²) in [5.41, 5.74) is 7.62. The molecule has 0 spiro atoms. The SMILES string of the molecule is CC1CCC(C2NN(Cc3ccccc3)c3ccccc32)O1. The molecule has 3 heteroatoms. The molecule has 1 N–H and O–H groups in total. The lowest BCUT2D eigenvalue weighted by atomic mass is 10.00. The summed E-state index contributed by atoms with van der Waals surface area (Å²) in [6.45, 7) is 3.04. The molecule has 1 saturated heterocycles. The fourth-order valence-corrected chi connectivity index (χ4v) is 3.56. The van der Waals surface area contributed by atoms with Crippen LogP contribution in [0.15, 0.2) is 54.6 Å². The lowest BCUT2D eigenvalue weighted by Crippen LogP contribution is -2.38. The summed E-state index contributed by atoms with van der Waals surface area (Å²) in [5.74, 6) is 0. The van der Waals surface area contributed by atoms with Crippen LogP contribution in [-0.2, 0) is 11.3 Å². The van der Waals surface area contributed by atoms with E-state index >= 15 is 0 Å². The molecule has 2 heterocycles. The second kappa shape index (κ2) is 5.75. The molecule has 0 aromatic heterocycles. The molecular formula is C19H22N2O. The van der Waals surface area contributed by atoms with E-state index in [9.17, 15) is 0 Å². The highest BCUT2D eigenvalue weighted by Gasteiger charge is 2.37. The second-order valence-corrected chi connectivity index (χ2v) is 6.30. The third-order valence-corrected chi connectivity index (χ3v) is 4.68. The highest BCUT2D eigenvalue weighted by atomic mass is 16.5. The molecule has 4 rings (SSSR count). The van der Waals surface area contributed by atoms with Crippen molar-refractivity contribution in [2.45, 2.75) is 44.6 Å². The van der Waals surface area contributed by atoms with Crippen LogP contribution in [0, 0.1) is 0 Å². The number of hydrazine groups is 1. The van der Waals surface area contributed by atoms with Crippen LogP contribution in [0.1, 0.15) is 36.9 Å². The third-order valence-electron chi connectivity index (χ3n) is 4.68. The van der Waals surface area contributed by atoms with Crippen LogP contribution in [0.25, 0.3) is 0 Å². The molecule has 2 aliphatic heterocycles. The first kappa shape index (κ1) is 13.8. The Labute approximate surface area is 131 Å². The molecule has 0 bridgehead atoms. The van der Waals surface area contributed by atoms with Crippen LogP contribution in [0.5, 0.6) is 0 Å². The number of para-hydroxylation sites is 1. The number of benzene rings is 2. The fraction of sp³-hybridized carbons (Fsp3) is 0.368. The first-order valence-corrected chi connectivity index (χ1v) is 8.13. The van der Waals surface area contributed by atoms with Crippen LogP contribution in [-0.4, -0.2) is 12.2 Å². The van der Waals surface area contributed by atoms with Gasteiger partial charge in [-0.2, -0.15) is 0 Å². The average molecular weight is 294 g/mol. The highest BCUT2D eigenvalue weighted by Crippen LogP contribution is 2.39. The zero-order valence-corrected chi connectivity index (χ0v) is 12.9. The van der Waals surface area contributed by atoms with E-state index in [1.165, 1.54) is 16.8 Å². The number of ether oxygens (including phenoxy) is 1. The summed E-state index contributed by atoms with van der Waals surface area (Å²) in [5, 5.41) is 2.27. The van der Waals surface area contributed by atoms with Gasteiger partial charge in [-0.15, -0.1) is 0 Å². The molecule has 0 aliphatic carbocycles. The van der Waals surface area contributed by atoms with Gasteiger partial charge >= 0.3 is 0 Å². The van der Waals surface area contributed by atoms with E-state index in [-0.39, 0.29) is 12.1 Å². The molecule has 3 atom stereocenters. The molecule has 0 amide bonds. The molecular weight excluding hydrogens is 272 g/mol. The lowest BCUT2D eigenvalue weighted by molar-refractivity contribution is 0.0333. The van der Waals surface area contributed by atoms with Crippen molar-refractivity contribution in [2.24, 2.45) is 0 Å². The maximum atomic E-state index is 6.11. The number of nitrogens with one attached hydrogen (secondary N) is 1. The molecule has 0 radical (unpaired) electrons. The molecule has 2 aromatic carbocycles. The van der Waals surface area contributed by atoms with Crippen molar-refractivity contribution < 1.29 is 4.74 Å². The lowest BCUT2D eigenvalue weighted by Gasteiger charge is -2.24. The van der Waals surface area contributed by atoms with E-state index in [0.29, 0.717) is 6.10 Å². The summed E-state index contributed by atoms with van der Waals surface area (Å²) >= 11 is 0. The topological polar surface area (TPSA) is 24.5 Å². The molecule has 2 aliphatic rings. The Morgan fingerprint density at radius 1 is 1.05 bits per heavy atom. The van der Waals surface area contributed by atoms with E-state index in [1.807, 2.05) is 0 Å². The Hall–Kier alpha value is -1.84. The minimum Gasteiger partial charge on any atom is -0.373 e. The summed E-state index contributed by atoms with van der Waals surface area (Å²) < 4.78 is 6.11. The molecule has 3 nitrogen and oxygen atoms in total. The van der Waals surface area contributed by atoms with Gasteiger partial charge in [-0.05, 0) is 37.0 Å². The Morgan fingerprint density at radius 2 is 1.82 bits per heavy atom. The molecule has 22 heavy (non-hydrogen) atoms. The van der Waals surface area contributed by atoms with Crippen LogP contribution in [0.3, 0.4) is 0 Å². The summed E-state index contributed by atoms with van der Waals surface area (Å²) in [4.78, 5) is 0. The number of hydrogen-bond acceptors (Lipinski definition) is 3. The average Bonchev–Trinajstić information content (AvgIpc) is 3.13. The van der Waals surface area contributed by atoms with Gasteiger partial charge in [0.15, 0.2) is 0 Å². The van der Waals surface area contributed by atoms with Crippen LogP contribution in [0.4, 0.5) is 5.69 Å². The highest BCUT2D eigenvalue weighted by molar-refractivity contribution is 5.58. The Balaban J connectivity index is 1.60. The van der Waals surface area contributed by atoms with Crippen LogP contribution >= 0.6 is 0 Å². The third kappa shape index (κ3) is 2.51. The van der Waals surface area contributed by atoms with Gasteiger partial charge in [0.2, 0.25) is 0 Å².